The zero-order chi connectivity index (χ0) is 9.73. The predicted molar refractivity (Wildman–Crippen MR) is 51.7 cm³/mol. The van der Waals surface area contributed by atoms with Crippen molar-refractivity contribution < 1.29 is 9.53 Å². The molecule has 1 fully saturated rings. The first-order chi connectivity index (χ1) is 6.22. The van der Waals surface area contributed by atoms with Crippen molar-refractivity contribution in [1.29, 1.82) is 0 Å². The highest BCUT2D eigenvalue weighted by Crippen LogP contribution is 2.28. The molecule has 0 radical (unpaired) electrons. The number of nitrogens with zero attached hydrogens (tertiary/aromatic N) is 1. The fourth-order valence-electron chi connectivity index (χ4n) is 1.74. The lowest BCUT2D eigenvalue weighted by Crippen LogP contribution is -2.41. The van der Waals surface area contributed by atoms with E-state index in [1.807, 2.05) is 0 Å². The summed E-state index contributed by atoms with van der Waals surface area (Å²) in [6.07, 6.45) is 2.88. The maximum Gasteiger partial charge on any atom is 0.127 e. The van der Waals surface area contributed by atoms with E-state index in [0.717, 1.165) is 45.4 Å². The van der Waals surface area contributed by atoms with Crippen LogP contribution in [0.4, 0.5) is 0 Å². The SMILES string of the molecule is CCN(C)CC1(C=O)CCOCC1. The highest BCUT2D eigenvalue weighted by Gasteiger charge is 2.32. The Labute approximate surface area is 80.1 Å². The average molecular weight is 185 g/mol. The molecule has 0 unspecified atom stereocenters. The third-order valence-corrected chi connectivity index (χ3v) is 2.86. The van der Waals surface area contributed by atoms with Gasteiger partial charge in [-0.05, 0) is 26.4 Å². The molecule has 3 heteroatoms. The second kappa shape index (κ2) is 4.72. The lowest BCUT2D eigenvalue weighted by molar-refractivity contribution is -0.122. The van der Waals surface area contributed by atoms with E-state index in [-0.39, 0.29) is 5.41 Å². The minimum Gasteiger partial charge on any atom is -0.381 e. The zero-order valence-electron chi connectivity index (χ0n) is 8.58. The Morgan fingerprint density at radius 2 is 2.08 bits per heavy atom. The molecule has 1 aliphatic heterocycles. The summed E-state index contributed by atoms with van der Waals surface area (Å²) >= 11 is 0. The van der Waals surface area contributed by atoms with Gasteiger partial charge in [0.2, 0.25) is 0 Å². The van der Waals surface area contributed by atoms with Crippen LogP contribution in [-0.2, 0) is 9.53 Å². The molecule has 1 heterocycles. The van der Waals surface area contributed by atoms with Crippen LogP contribution in [0, 0.1) is 5.41 Å². The number of aldehydes is 1. The molecule has 0 N–H and O–H groups in total. The van der Waals surface area contributed by atoms with Gasteiger partial charge in [0.15, 0.2) is 0 Å². The normalized spacial score (nSPS) is 21.8. The molecule has 0 aliphatic carbocycles. The highest BCUT2D eigenvalue weighted by atomic mass is 16.5. The van der Waals surface area contributed by atoms with Crippen LogP contribution in [0.15, 0.2) is 0 Å². The third-order valence-electron chi connectivity index (χ3n) is 2.86. The van der Waals surface area contributed by atoms with Gasteiger partial charge in [-0.15, -0.1) is 0 Å². The van der Waals surface area contributed by atoms with Crippen molar-refractivity contribution >= 4 is 6.29 Å². The summed E-state index contributed by atoms with van der Waals surface area (Å²) in [6.45, 7) is 5.44. The van der Waals surface area contributed by atoms with Crippen LogP contribution < -0.4 is 0 Å². The molecule has 0 atom stereocenters. The Morgan fingerprint density at radius 1 is 1.46 bits per heavy atom. The minimum atomic E-state index is -0.136. The van der Waals surface area contributed by atoms with E-state index in [1.165, 1.54) is 0 Å². The van der Waals surface area contributed by atoms with Crippen molar-refractivity contribution in [3.8, 4) is 0 Å². The van der Waals surface area contributed by atoms with Gasteiger partial charge in [0.05, 0.1) is 0 Å². The number of rotatable bonds is 4. The molecule has 3 nitrogen and oxygen atoms in total. The Morgan fingerprint density at radius 3 is 2.54 bits per heavy atom. The van der Waals surface area contributed by atoms with E-state index in [0.29, 0.717) is 0 Å². The quantitative estimate of drug-likeness (QED) is 0.610. The number of ether oxygens (including phenoxy) is 1. The molecule has 1 rings (SSSR count). The van der Waals surface area contributed by atoms with Gasteiger partial charge in [-0.3, -0.25) is 0 Å². The van der Waals surface area contributed by atoms with E-state index in [2.05, 4.69) is 18.9 Å². The van der Waals surface area contributed by atoms with Crippen LogP contribution in [0.1, 0.15) is 19.8 Å². The molecule has 0 amide bonds. The minimum absolute atomic E-state index is 0.136. The van der Waals surface area contributed by atoms with Crippen molar-refractivity contribution in [3.05, 3.63) is 0 Å². The largest absolute Gasteiger partial charge is 0.381 e. The number of carbonyl (C=O) groups is 1. The van der Waals surface area contributed by atoms with Crippen LogP contribution in [0.2, 0.25) is 0 Å². The van der Waals surface area contributed by atoms with Crippen LogP contribution in [0.3, 0.4) is 0 Å². The topological polar surface area (TPSA) is 29.5 Å². The zero-order valence-corrected chi connectivity index (χ0v) is 8.58. The molecule has 0 aromatic heterocycles. The number of carbonyl (C=O) groups excluding carboxylic acids is 1. The van der Waals surface area contributed by atoms with Crippen molar-refractivity contribution in [3.63, 3.8) is 0 Å². The first-order valence-corrected chi connectivity index (χ1v) is 4.95. The molecule has 0 spiro atoms. The fourth-order valence-corrected chi connectivity index (χ4v) is 1.74. The Hall–Kier alpha value is -0.410. The van der Waals surface area contributed by atoms with E-state index < -0.39 is 0 Å². The maximum absolute atomic E-state index is 11.1. The molecule has 76 valence electrons. The van der Waals surface area contributed by atoms with Gasteiger partial charge in [0.25, 0.3) is 0 Å². The first kappa shape index (κ1) is 10.7. The summed E-state index contributed by atoms with van der Waals surface area (Å²) in [5.41, 5.74) is -0.136. The molecular weight excluding hydrogens is 166 g/mol. The predicted octanol–water partition coefficient (Wildman–Crippen LogP) is 0.934. The van der Waals surface area contributed by atoms with Crippen LogP contribution in [-0.4, -0.2) is 44.5 Å². The molecule has 0 bridgehead atoms. The van der Waals surface area contributed by atoms with E-state index in [9.17, 15) is 4.79 Å². The van der Waals surface area contributed by atoms with Crippen LogP contribution >= 0.6 is 0 Å². The summed E-state index contributed by atoms with van der Waals surface area (Å²) in [6, 6.07) is 0. The second-order valence-corrected chi connectivity index (χ2v) is 3.92. The molecule has 0 aromatic carbocycles. The second-order valence-electron chi connectivity index (χ2n) is 3.92. The monoisotopic (exact) mass is 185 g/mol. The van der Waals surface area contributed by atoms with E-state index in [4.69, 9.17) is 4.74 Å². The van der Waals surface area contributed by atoms with Gasteiger partial charge in [-0.25, -0.2) is 0 Å². The van der Waals surface area contributed by atoms with Crippen molar-refractivity contribution in [1.82, 2.24) is 4.90 Å². The molecule has 13 heavy (non-hydrogen) atoms. The van der Waals surface area contributed by atoms with Crippen LogP contribution in [0.25, 0.3) is 0 Å². The average Bonchev–Trinajstić information content (AvgIpc) is 2.19. The number of hydrogen-bond acceptors (Lipinski definition) is 3. The van der Waals surface area contributed by atoms with Gasteiger partial charge < -0.3 is 14.4 Å². The molecule has 1 saturated heterocycles. The third kappa shape index (κ3) is 2.78. The van der Waals surface area contributed by atoms with Gasteiger partial charge in [-0.1, -0.05) is 6.92 Å². The standard InChI is InChI=1S/C10H19NO2/c1-3-11(2)8-10(9-12)4-6-13-7-5-10/h9H,3-8H2,1-2H3. The summed E-state index contributed by atoms with van der Waals surface area (Å²) in [5, 5.41) is 0. The summed E-state index contributed by atoms with van der Waals surface area (Å²) in [5.74, 6) is 0. The lowest BCUT2D eigenvalue weighted by Gasteiger charge is -2.35. The Balaban J connectivity index is 2.52. The first-order valence-electron chi connectivity index (χ1n) is 4.95. The summed E-state index contributed by atoms with van der Waals surface area (Å²) < 4.78 is 5.26. The van der Waals surface area contributed by atoms with Gasteiger partial charge in [-0.2, -0.15) is 0 Å². The molecule has 1 aliphatic rings. The van der Waals surface area contributed by atoms with Crippen LogP contribution in [0.5, 0.6) is 0 Å². The Bertz CT molecular complexity index is 164. The van der Waals surface area contributed by atoms with E-state index in [1.54, 1.807) is 0 Å². The summed E-state index contributed by atoms with van der Waals surface area (Å²) in [4.78, 5) is 13.2. The van der Waals surface area contributed by atoms with Gasteiger partial charge in [0, 0.05) is 25.2 Å². The van der Waals surface area contributed by atoms with E-state index >= 15 is 0 Å². The van der Waals surface area contributed by atoms with Crippen molar-refractivity contribution in [2.45, 2.75) is 19.8 Å². The Kier molecular flexibility index (Phi) is 3.88. The molecular formula is C10H19NO2. The molecule has 0 aromatic rings. The maximum atomic E-state index is 11.1. The summed E-state index contributed by atoms with van der Waals surface area (Å²) in [7, 11) is 2.06. The lowest BCUT2D eigenvalue weighted by atomic mass is 9.81. The van der Waals surface area contributed by atoms with Crippen molar-refractivity contribution in [2.75, 3.05) is 33.4 Å². The highest BCUT2D eigenvalue weighted by molar-refractivity contribution is 5.60. The number of hydrogen-bond donors (Lipinski definition) is 0. The van der Waals surface area contributed by atoms with Gasteiger partial charge >= 0.3 is 0 Å². The molecule has 0 saturated carbocycles. The van der Waals surface area contributed by atoms with Gasteiger partial charge in [0.1, 0.15) is 6.29 Å². The fraction of sp³-hybridized carbons (Fsp3) is 0.900. The smallest absolute Gasteiger partial charge is 0.127 e. The van der Waals surface area contributed by atoms with Crippen molar-refractivity contribution in [2.24, 2.45) is 5.41 Å².